The molecule has 2 fully saturated rings. The molecule has 0 saturated carbocycles. The van der Waals surface area contributed by atoms with Gasteiger partial charge >= 0.3 is 0 Å². The lowest BCUT2D eigenvalue weighted by atomic mass is 10.0. The number of aromatic nitrogens is 1. The number of fused-ring (bicyclic) bond motifs is 2. The number of halogens is 2. The summed E-state index contributed by atoms with van der Waals surface area (Å²) < 4.78 is 20.5. The van der Waals surface area contributed by atoms with Crippen LogP contribution in [0.25, 0.3) is 10.9 Å². The molecule has 6 nitrogen and oxygen atoms in total. The van der Waals surface area contributed by atoms with Crippen molar-refractivity contribution in [2.45, 2.75) is 12.5 Å². The van der Waals surface area contributed by atoms with Gasteiger partial charge in [-0.05, 0) is 30.3 Å². The summed E-state index contributed by atoms with van der Waals surface area (Å²) in [6, 6.07) is 12.5. The number of rotatable bonds is 8. The molecule has 1 aromatic heterocycles. The van der Waals surface area contributed by atoms with Crippen LogP contribution in [-0.2, 0) is 16.0 Å². The van der Waals surface area contributed by atoms with Crippen LogP contribution in [0.4, 0.5) is 5.69 Å². The summed E-state index contributed by atoms with van der Waals surface area (Å²) in [4.78, 5) is 0. The van der Waals surface area contributed by atoms with E-state index < -0.39 is 0 Å². The smallest absolute Gasteiger partial charge is 0.209 e. The Balaban J connectivity index is 1.10. The van der Waals surface area contributed by atoms with Gasteiger partial charge in [-0.2, -0.15) is 11.8 Å². The molecule has 3 aromatic rings. The summed E-state index contributed by atoms with van der Waals surface area (Å²) in [6.45, 7) is 8.84. The van der Waals surface area contributed by atoms with Crippen LogP contribution >= 0.6 is 35.0 Å². The molecule has 1 atom stereocenters. The molecule has 2 saturated heterocycles. The van der Waals surface area contributed by atoms with Gasteiger partial charge in [0.1, 0.15) is 32.3 Å². The Kier molecular flexibility index (Phi) is 8.71. The molecule has 3 aliphatic rings. The molecule has 4 heterocycles. The van der Waals surface area contributed by atoms with E-state index in [2.05, 4.69) is 67.4 Å². The molecule has 39 heavy (non-hydrogen) atoms. The monoisotopic (exact) mass is 585 g/mol. The summed E-state index contributed by atoms with van der Waals surface area (Å²) >= 11 is 14.8. The van der Waals surface area contributed by atoms with Gasteiger partial charge in [-0.25, -0.2) is 13.7 Å². The van der Waals surface area contributed by atoms with Crippen LogP contribution in [0.2, 0.25) is 10.0 Å². The molecular weight excluding hydrogens is 551 g/mol. The van der Waals surface area contributed by atoms with Crippen molar-refractivity contribution in [2.75, 3.05) is 70.7 Å². The maximum Gasteiger partial charge on any atom is 0.209 e. The maximum atomic E-state index is 6.39. The van der Waals surface area contributed by atoms with E-state index in [1.807, 2.05) is 23.9 Å². The third-order valence-corrected chi connectivity index (χ3v) is 9.02. The van der Waals surface area contributed by atoms with Crippen LogP contribution in [0.15, 0.2) is 42.6 Å². The lowest BCUT2D eigenvalue weighted by Crippen LogP contribution is -2.30. The second-order valence-electron chi connectivity index (χ2n) is 10.2. The minimum Gasteiger partial charge on any atom is -0.368 e. The molecular formula is C30H35Cl2N4O2S+3. The van der Waals surface area contributed by atoms with E-state index in [1.165, 1.54) is 27.7 Å². The fourth-order valence-corrected chi connectivity index (χ4v) is 6.80. The van der Waals surface area contributed by atoms with E-state index in [-0.39, 0.29) is 5.92 Å². The van der Waals surface area contributed by atoms with Crippen LogP contribution in [0.1, 0.15) is 17.0 Å². The van der Waals surface area contributed by atoms with E-state index in [9.17, 15) is 0 Å². The molecule has 0 radical (unpaired) electrons. The van der Waals surface area contributed by atoms with Crippen LogP contribution in [0.5, 0.6) is 0 Å². The third-order valence-electron chi connectivity index (χ3n) is 7.61. The average molecular weight is 587 g/mol. The van der Waals surface area contributed by atoms with Gasteiger partial charge in [0.05, 0.1) is 11.3 Å². The summed E-state index contributed by atoms with van der Waals surface area (Å²) in [7, 11) is 0. The summed E-state index contributed by atoms with van der Waals surface area (Å²) in [5.41, 5.74) is 5.02. The number of thioether (sulfide) groups is 1. The lowest BCUT2D eigenvalue weighted by Gasteiger charge is -2.11. The van der Waals surface area contributed by atoms with Gasteiger partial charge < -0.3 is 14.0 Å². The van der Waals surface area contributed by atoms with Gasteiger partial charge in [0.15, 0.2) is 51.4 Å². The van der Waals surface area contributed by atoms with Crippen molar-refractivity contribution in [2.24, 2.45) is 0 Å². The van der Waals surface area contributed by atoms with Gasteiger partial charge in [-0.1, -0.05) is 23.2 Å². The topological polar surface area (TPSA) is 32.4 Å². The molecule has 0 bridgehead atoms. The average Bonchev–Trinajstić information content (AvgIpc) is 3.46. The Morgan fingerprint density at radius 3 is 2.41 bits per heavy atom. The normalized spacial score (nSPS) is 19.3. The van der Waals surface area contributed by atoms with E-state index in [1.54, 1.807) is 0 Å². The van der Waals surface area contributed by atoms with Gasteiger partial charge in [-0.3, -0.25) is 0 Å². The van der Waals surface area contributed by atoms with Crippen molar-refractivity contribution >= 4 is 70.2 Å². The van der Waals surface area contributed by atoms with Crippen molar-refractivity contribution < 1.29 is 23.2 Å². The lowest BCUT2D eigenvalue weighted by molar-refractivity contribution is -0.546. The first-order valence-corrected chi connectivity index (χ1v) is 15.7. The highest BCUT2D eigenvalue weighted by atomic mass is 35.5. The molecule has 3 aliphatic heterocycles. The van der Waals surface area contributed by atoms with Gasteiger partial charge in [-0.15, -0.1) is 0 Å². The maximum absolute atomic E-state index is 6.39. The number of aryl methyl sites for hydroxylation is 1. The second kappa shape index (κ2) is 12.6. The first-order chi connectivity index (χ1) is 19.1. The zero-order valence-electron chi connectivity index (χ0n) is 22.1. The molecule has 2 aromatic carbocycles. The van der Waals surface area contributed by atoms with Crippen molar-refractivity contribution in [3.63, 3.8) is 0 Å². The third kappa shape index (κ3) is 6.44. The zero-order chi connectivity index (χ0) is 26.6. The van der Waals surface area contributed by atoms with Crippen LogP contribution in [0, 0.1) is 0 Å². The minimum atomic E-state index is 0.251. The predicted octanol–water partition coefficient (Wildman–Crippen LogP) is 4.77. The first-order valence-electron chi connectivity index (χ1n) is 13.7. The Bertz CT molecular complexity index is 1430. The predicted molar refractivity (Wildman–Crippen MR) is 162 cm³/mol. The Labute approximate surface area is 244 Å². The largest absolute Gasteiger partial charge is 0.368 e. The van der Waals surface area contributed by atoms with Crippen molar-refractivity contribution in [3.8, 4) is 0 Å². The van der Waals surface area contributed by atoms with Crippen LogP contribution < -0.4 is 0 Å². The number of ether oxygens (including phenoxy) is 2. The zero-order valence-corrected chi connectivity index (χ0v) is 24.4. The Morgan fingerprint density at radius 2 is 1.62 bits per heavy atom. The van der Waals surface area contributed by atoms with E-state index in [0.717, 1.165) is 87.2 Å². The number of nitrogens with zero attached hydrogens (tertiary/aromatic N) is 4. The van der Waals surface area contributed by atoms with E-state index in [4.69, 9.17) is 32.7 Å². The molecule has 204 valence electrons. The quantitative estimate of drug-likeness (QED) is 0.282. The van der Waals surface area contributed by atoms with E-state index >= 15 is 0 Å². The van der Waals surface area contributed by atoms with Crippen molar-refractivity contribution in [3.05, 3.63) is 63.8 Å². The SMILES string of the molecule is Clc1ccc2c(c1)C(C=[N+]1CCOCC1)C=[N+]2CCSCCn1cc(C=[N+]2CCOCC2)c2cc(Cl)ccc21. The first kappa shape index (κ1) is 27.0. The number of hydrogen-bond donors (Lipinski definition) is 0. The Hall–Kier alpha value is -2.16. The van der Waals surface area contributed by atoms with E-state index in [0.29, 0.717) is 0 Å². The highest BCUT2D eigenvalue weighted by Gasteiger charge is 2.32. The summed E-state index contributed by atoms with van der Waals surface area (Å²) in [6.07, 6.45) is 9.24. The molecule has 0 aliphatic carbocycles. The standard InChI is InChI=1S/C30H35Cl2N4O2S/c31-25-1-3-29-27(17-25)23(19-33-5-11-37-12-6-33)21-35(29)9-15-39-16-10-36-22-24(20-34-7-13-38-14-8-34)28-18-26(32)2-4-30(28)36/h1-4,17-23H,5-16H2/q+3. The van der Waals surface area contributed by atoms with Gasteiger partial charge in [0, 0.05) is 51.1 Å². The molecule has 6 rings (SSSR count). The summed E-state index contributed by atoms with van der Waals surface area (Å²) in [5, 5.41) is 2.78. The number of benzene rings is 2. The number of morpholine rings is 2. The second-order valence-corrected chi connectivity index (χ2v) is 12.3. The molecule has 0 N–H and O–H groups in total. The molecule has 9 heteroatoms. The minimum absolute atomic E-state index is 0.251. The highest BCUT2D eigenvalue weighted by molar-refractivity contribution is 7.99. The molecule has 0 amide bonds. The van der Waals surface area contributed by atoms with Gasteiger partial charge in [0.2, 0.25) is 5.69 Å². The fraction of sp³-hybridized carbons (Fsp3) is 0.433. The summed E-state index contributed by atoms with van der Waals surface area (Å²) in [5.74, 6) is 2.36. The van der Waals surface area contributed by atoms with Crippen molar-refractivity contribution in [1.29, 1.82) is 0 Å². The fourth-order valence-electron chi connectivity index (χ4n) is 5.59. The molecule has 0 spiro atoms. The Morgan fingerprint density at radius 1 is 0.897 bits per heavy atom. The molecule has 1 unspecified atom stereocenters. The van der Waals surface area contributed by atoms with Gasteiger partial charge in [0.25, 0.3) is 0 Å². The van der Waals surface area contributed by atoms with Crippen LogP contribution in [-0.4, -0.2) is 108 Å². The van der Waals surface area contributed by atoms with Crippen molar-refractivity contribution in [1.82, 2.24) is 4.57 Å². The number of hydrogen-bond acceptors (Lipinski definition) is 3. The van der Waals surface area contributed by atoms with Crippen LogP contribution in [0.3, 0.4) is 0 Å². The highest BCUT2D eigenvalue weighted by Crippen LogP contribution is 2.33.